The number of carbonyl (C=O) groups is 10. The molecule has 0 aliphatic rings. The molecule has 2 radical (unpaired) electrons. The van der Waals surface area contributed by atoms with Crippen LogP contribution >= 0.6 is 0 Å². The minimum atomic E-state index is -0.833. The standard InChI is InChI=1S/2C4H13N3.10C2H4O2.2Na/c2*5-1-3-7-4-2-6;10*1-2(3)4;;/h2*7H,1-6H2;10*1H3,(H,3,4);;. The first-order valence-electron chi connectivity index (χ1n) is 14.3. The van der Waals surface area contributed by atoms with E-state index in [0.29, 0.717) is 26.2 Å². The maximum absolute atomic E-state index is 9.00. The van der Waals surface area contributed by atoms with Crippen LogP contribution in [0, 0.1) is 0 Å². The van der Waals surface area contributed by atoms with Crippen LogP contribution in [0.1, 0.15) is 69.2 Å². The number of hydrogen-bond donors (Lipinski definition) is 16. The van der Waals surface area contributed by atoms with Gasteiger partial charge in [-0.1, -0.05) is 0 Å². The topological polar surface area (TPSA) is 501 Å². The van der Waals surface area contributed by atoms with E-state index < -0.39 is 59.7 Å². The Bertz CT molecular complexity index is 647. The van der Waals surface area contributed by atoms with Gasteiger partial charge in [0.1, 0.15) is 0 Å². The average Bonchev–Trinajstić information content (AvgIpc) is 2.86. The summed E-state index contributed by atoms with van der Waals surface area (Å²) >= 11 is 0. The summed E-state index contributed by atoms with van der Waals surface area (Å²) in [6.07, 6.45) is 0. The van der Waals surface area contributed by atoms with Crippen molar-refractivity contribution in [1.82, 2.24) is 10.6 Å². The van der Waals surface area contributed by atoms with Gasteiger partial charge < -0.3 is 84.6 Å². The van der Waals surface area contributed by atoms with Gasteiger partial charge in [0, 0.05) is 181 Å². The summed E-state index contributed by atoms with van der Waals surface area (Å²) in [4.78, 5) is 90.0. The molecule has 0 spiro atoms. The van der Waals surface area contributed by atoms with Crippen LogP contribution in [-0.4, -0.2) is 222 Å². The molecule has 0 rings (SSSR count). The Kier molecular flexibility index (Phi) is 165. The summed E-state index contributed by atoms with van der Waals surface area (Å²) in [5.74, 6) is -8.33. The number of nitrogens with one attached hydrogen (secondary N) is 2. The molecule has 20 N–H and O–H groups in total. The fourth-order valence-electron chi connectivity index (χ4n) is 0.658. The van der Waals surface area contributed by atoms with E-state index in [-0.39, 0.29) is 59.1 Å². The molecular formula is C28H66N6Na2O20. The fraction of sp³-hybridized carbons (Fsp3) is 0.643. The monoisotopic (exact) mass is 852 g/mol. The van der Waals surface area contributed by atoms with Crippen LogP contribution in [0.2, 0.25) is 0 Å². The summed E-state index contributed by atoms with van der Waals surface area (Å²) in [6, 6.07) is 0. The Morgan fingerprint density at radius 1 is 0.286 bits per heavy atom. The van der Waals surface area contributed by atoms with E-state index in [1.165, 1.54) is 0 Å². The van der Waals surface area contributed by atoms with Crippen molar-refractivity contribution < 1.29 is 99.0 Å². The fourth-order valence-corrected chi connectivity index (χ4v) is 0.658. The van der Waals surface area contributed by atoms with Crippen molar-refractivity contribution >= 4 is 119 Å². The third-order valence-electron chi connectivity index (χ3n) is 1.28. The van der Waals surface area contributed by atoms with Crippen LogP contribution in [-0.2, 0) is 47.9 Å². The average molecular weight is 853 g/mol. The predicted molar refractivity (Wildman–Crippen MR) is 207 cm³/mol. The van der Waals surface area contributed by atoms with Crippen molar-refractivity contribution in [1.29, 1.82) is 0 Å². The van der Waals surface area contributed by atoms with E-state index in [2.05, 4.69) is 10.6 Å². The number of hydrogen-bond acceptors (Lipinski definition) is 16. The molecular weight excluding hydrogens is 786 g/mol. The Hall–Kier alpha value is -3.54. The van der Waals surface area contributed by atoms with Gasteiger partial charge in [0.15, 0.2) is 0 Å². The molecule has 0 aliphatic carbocycles. The largest absolute Gasteiger partial charge is 0.481 e. The van der Waals surface area contributed by atoms with E-state index in [0.717, 1.165) is 95.4 Å². The second-order valence-electron chi connectivity index (χ2n) is 7.84. The molecule has 0 fully saturated rings. The van der Waals surface area contributed by atoms with Gasteiger partial charge in [-0.25, -0.2) is 0 Å². The minimum absolute atomic E-state index is 0. The van der Waals surface area contributed by atoms with E-state index in [1.54, 1.807) is 0 Å². The smallest absolute Gasteiger partial charge is 0.300 e. The molecule has 26 nitrogen and oxygen atoms in total. The SMILES string of the molecule is CC(=O)O.CC(=O)O.CC(=O)O.CC(=O)O.CC(=O)O.CC(=O)O.CC(=O)O.CC(=O)O.CC(=O)O.CC(=O)O.NCCNCCN.NCCNCCN.[Na].[Na]. The third kappa shape index (κ3) is 6210. The van der Waals surface area contributed by atoms with Crippen LogP contribution in [0.5, 0.6) is 0 Å². The molecule has 0 aromatic heterocycles. The molecule has 0 aromatic rings. The van der Waals surface area contributed by atoms with E-state index in [1.807, 2.05) is 0 Å². The second kappa shape index (κ2) is 98.6. The zero-order chi connectivity index (χ0) is 46.8. The van der Waals surface area contributed by atoms with Gasteiger partial charge in [-0.2, -0.15) is 0 Å². The van der Waals surface area contributed by atoms with Gasteiger partial charge >= 0.3 is 0 Å². The van der Waals surface area contributed by atoms with Crippen molar-refractivity contribution in [2.45, 2.75) is 69.2 Å². The summed E-state index contributed by atoms with van der Waals surface area (Å²) in [6.45, 7) is 17.1. The number of rotatable bonds is 8. The minimum Gasteiger partial charge on any atom is -0.481 e. The van der Waals surface area contributed by atoms with Gasteiger partial charge in [0.25, 0.3) is 59.7 Å². The van der Waals surface area contributed by atoms with E-state index >= 15 is 0 Å². The van der Waals surface area contributed by atoms with Crippen LogP contribution in [0.3, 0.4) is 0 Å². The number of nitrogens with two attached hydrogens (primary N) is 4. The van der Waals surface area contributed by atoms with Crippen molar-refractivity contribution in [2.24, 2.45) is 22.9 Å². The van der Waals surface area contributed by atoms with E-state index in [4.69, 9.17) is 122 Å². The molecule has 56 heavy (non-hydrogen) atoms. The summed E-state index contributed by atoms with van der Waals surface area (Å²) < 4.78 is 0. The Morgan fingerprint density at radius 2 is 0.339 bits per heavy atom. The second-order valence-corrected chi connectivity index (χ2v) is 7.84. The van der Waals surface area contributed by atoms with Crippen molar-refractivity contribution in [3.05, 3.63) is 0 Å². The van der Waals surface area contributed by atoms with Gasteiger partial charge in [-0.3, -0.25) is 47.9 Å². The van der Waals surface area contributed by atoms with Crippen molar-refractivity contribution in [3.8, 4) is 0 Å². The molecule has 0 saturated carbocycles. The van der Waals surface area contributed by atoms with Gasteiger partial charge in [-0.05, 0) is 0 Å². The first-order valence-corrected chi connectivity index (χ1v) is 14.3. The Morgan fingerprint density at radius 3 is 0.375 bits per heavy atom. The van der Waals surface area contributed by atoms with Gasteiger partial charge in [-0.15, -0.1) is 0 Å². The van der Waals surface area contributed by atoms with Crippen LogP contribution in [0.25, 0.3) is 0 Å². The van der Waals surface area contributed by atoms with Gasteiger partial charge in [0.05, 0.1) is 0 Å². The van der Waals surface area contributed by atoms with Crippen LogP contribution in [0.4, 0.5) is 0 Å². The molecule has 0 aliphatic heterocycles. The van der Waals surface area contributed by atoms with E-state index in [9.17, 15) is 0 Å². The molecule has 0 unspecified atom stereocenters. The quantitative estimate of drug-likeness (QED) is 0.0862. The molecule has 28 heteroatoms. The van der Waals surface area contributed by atoms with Crippen molar-refractivity contribution in [2.75, 3.05) is 52.4 Å². The maximum Gasteiger partial charge on any atom is 0.300 e. The first kappa shape index (κ1) is 93.9. The summed E-state index contributed by atoms with van der Waals surface area (Å²) in [5.41, 5.74) is 20.7. The number of carboxylic acid groups (broad SMARTS) is 10. The molecule has 0 aromatic carbocycles. The molecule has 0 heterocycles. The third-order valence-corrected chi connectivity index (χ3v) is 1.28. The van der Waals surface area contributed by atoms with Crippen LogP contribution in [0.15, 0.2) is 0 Å². The van der Waals surface area contributed by atoms with Crippen LogP contribution < -0.4 is 33.6 Å². The molecule has 0 atom stereocenters. The number of aliphatic carboxylic acids is 10. The zero-order valence-corrected chi connectivity index (χ0v) is 38.5. The van der Waals surface area contributed by atoms with Crippen molar-refractivity contribution in [3.63, 3.8) is 0 Å². The normalized spacial score (nSPS) is 6.82. The predicted octanol–water partition coefficient (Wildman–Crippen LogP) is -2.87. The molecule has 330 valence electrons. The molecule has 0 amide bonds. The summed E-state index contributed by atoms with van der Waals surface area (Å²) in [5, 5.41) is 80.2. The van der Waals surface area contributed by atoms with Gasteiger partial charge in [0.2, 0.25) is 0 Å². The number of carboxylic acids is 10. The molecule has 0 bridgehead atoms. The Labute approximate surface area is 371 Å². The zero-order valence-electron chi connectivity index (χ0n) is 34.5. The summed E-state index contributed by atoms with van der Waals surface area (Å²) in [7, 11) is 0. The Balaban J connectivity index is -0.0000000288. The maximum atomic E-state index is 9.00. The first-order chi connectivity index (χ1) is 24.1. The molecule has 0 saturated heterocycles.